The number of anilines is 1. The Morgan fingerprint density at radius 3 is 2.61 bits per heavy atom. The average Bonchev–Trinajstić information content (AvgIpc) is 3.57. The van der Waals surface area contributed by atoms with Crippen molar-refractivity contribution >= 4 is 42.7 Å². The zero-order valence-electron chi connectivity index (χ0n) is 25.0. The third-order valence-electron chi connectivity index (χ3n) is 6.42. The van der Waals surface area contributed by atoms with Gasteiger partial charge in [-0.15, -0.1) is 0 Å². The molecule has 2 aliphatic rings. The first kappa shape index (κ1) is 31.7. The third kappa shape index (κ3) is 7.32. The van der Waals surface area contributed by atoms with Crippen LogP contribution in [-0.2, 0) is 32.8 Å². The molecule has 4 heterocycles. The van der Waals surface area contributed by atoms with Gasteiger partial charge in [0.25, 0.3) is 0 Å². The highest BCUT2D eigenvalue weighted by atomic mass is 31.2. The minimum absolute atomic E-state index is 0.143. The number of para-hydroxylation sites is 1. The van der Waals surface area contributed by atoms with Crippen molar-refractivity contribution in [3.05, 3.63) is 48.3 Å². The number of amides is 1. The van der Waals surface area contributed by atoms with E-state index < -0.39 is 55.6 Å². The SMILES string of the molecule is CC(=O)Oc1ccccc1/C=C/P(=O)(O)OC[C@H]1O[C@@H](n2cnc3c(NC(=O)OC(C)(C)C)ncnc32)C2OC(C)(C)O[C@H]21. The summed E-state index contributed by atoms with van der Waals surface area (Å²) in [5.74, 6) is -0.112. The Labute approximate surface area is 253 Å². The van der Waals surface area contributed by atoms with E-state index in [1.165, 1.54) is 25.7 Å². The lowest BCUT2D eigenvalue weighted by Gasteiger charge is -2.25. The van der Waals surface area contributed by atoms with Gasteiger partial charge in [0.2, 0.25) is 0 Å². The molecule has 2 aromatic heterocycles. The maximum atomic E-state index is 12.9. The first-order valence-corrected chi connectivity index (χ1v) is 15.4. The quantitative estimate of drug-likeness (QED) is 0.203. The topological polar surface area (TPSA) is 182 Å². The van der Waals surface area contributed by atoms with Crippen LogP contribution >= 0.6 is 7.60 Å². The molecule has 1 aromatic carbocycles. The molecule has 1 amide bonds. The van der Waals surface area contributed by atoms with Gasteiger partial charge >= 0.3 is 19.7 Å². The fourth-order valence-electron chi connectivity index (χ4n) is 4.81. The smallest absolute Gasteiger partial charge is 0.413 e. The summed E-state index contributed by atoms with van der Waals surface area (Å²) in [4.78, 5) is 47.2. The predicted molar refractivity (Wildman–Crippen MR) is 155 cm³/mol. The molecule has 0 radical (unpaired) electrons. The number of carbonyl (C=O) groups is 2. The molecule has 2 aliphatic heterocycles. The van der Waals surface area contributed by atoms with Gasteiger partial charge in [0, 0.05) is 18.3 Å². The molecule has 236 valence electrons. The van der Waals surface area contributed by atoms with E-state index in [1.807, 2.05) is 0 Å². The summed E-state index contributed by atoms with van der Waals surface area (Å²) in [6.07, 6.45) is 0.442. The molecule has 16 heteroatoms. The number of nitrogens with one attached hydrogen (secondary N) is 1. The fourth-order valence-corrected chi connectivity index (χ4v) is 5.61. The van der Waals surface area contributed by atoms with E-state index in [0.29, 0.717) is 11.2 Å². The van der Waals surface area contributed by atoms with Gasteiger partial charge in [0.15, 0.2) is 29.0 Å². The van der Waals surface area contributed by atoms with E-state index in [9.17, 15) is 19.0 Å². The van der Waals surface area contributed by atoms with Gasteiger partial charge in [-0.25, -0.2) is 19.7 Å². The normalized spacial score (nSPS) is 24.2. The van der Waals surface area contributed by atoms with Crippen LogP contribution < -0.4 is 10.1 Å². The Hall–Kier alpha value is -3.72. The lowest BCUT2D eigenvalue weighted by atomic mass is 10.1. The fraction of sp³-hybridized carbons (Fsp3) is 0.464. The van der Waals surface area contributed by atoms with Gasteiger partial charge in [-0.05, 0) is 46.8 Å². The third-order valence-corrected chi connectivity index (χ3v) is 7.46. The van der Waals surface area contributed by atoms with Crippen LogP contribution in [-0.4, -0.2) is 72.8 Å². The maximum Gasteiger partial charge on any atom is 0.413 e. The van der Waals surface area contributed by atoms with Crippen molar-refractivity contribution in [2.24, 2.45) is 0 Å². The van der Waals surface area contributed by atoms with E-state index in [0.717, 1.165) is 5.82 Å². The highest BCUT2D eigenvalue weighted by Gasteiger charge is 2.56. The molecule has 0 aliphatic carbocycles. The van der Waals surface area contributed by atoms with Crippen molar-refractivity contribution in [2.75, 3.05) is 11.9 Å². The summed E-state index contributed by atoms with van der Waals surface area (Å²) in [6, 6.07) is 6.57. The van der Waals surface area contributed by atoms with Crippen LogP contribution in [0.1, 0.15) is 53.3 Å². The van der Waals surface area contributed by atoms with Gasteiger partial charge < -0.3 is 33.1 Å². The number of rotatable bonds is 8. The molecule has 2 unspecified atom stereocenters. The molecule has 2 N–H and O–H groups in total. The Morgan fingerprint density at radius 1 is 1.16 bits per heavy atom. The summed E-state index contributed by atoms with van der Waals surface area (Å²) >= 11 is 0. The molecule has 0 saturated carbocycles. The number of benzene rings is 1. The lowest BCUT2D eigenvalue weighted by Crippen LogP contribution is -2.32. The Bertz CT molecular complexity index is 1630. The summed E-state index contributed by atoms with van der Waals surface area (Å²) in [5.41, 5.74) is 0.332. The van der Waals surface area contributed by atoms with Crippen LogP contribution in [0.4, 0.5) is 10.6 Å². The minimum atomic E-state index is -4.28. The lowest BCUT2D eigenvalue weighted by molar-refractivity contribution is -0.199. The van der Waals surface area contributed by atoms with E-state index in [4.69, 9.17) is 28.2 Å². The summed E-state index contributed by atoms with van der Waals surface area (Å²) in [6.45, 7) is 9.67. The van der Waals surface area contributed by atoms with Crippen molar-refractivity contribution < 1.29 is 47.3 Å². The molecule has 3 aromatic rings. The van der Waals surface area contributed by atoms with E-state index >= 15 is 0 Å². The van der Waals surface area contributed by atoms with Gasteiger partial charge in [-0.3, -0.25) is 19.2 Å². The number of carbonyl (C=O) groups excluding carboxylic acids is 2. The first-order chi connectivity index (χ1) is 20.6. The molecule has 5 atom stereocenters. The second-order valence-electron chi connectivity index (χ2n) is 11.6. The van der Waals surface area contributed by atoms with Gasteiger partial charge in [0.1, 0.15) is 36.0 Å². The van der Waals surface area contributed by atoms with E-state index in [1.54, 1.807) is 63.5 Å². The highest BCUT2D eigenvalue weighted by Crippen LogP contribution is 2.48. The van der Waals surface area contributed by atoms with Crippen LogP contribution in [0, 0.1) is 0 Å². The Kier molecular flexibility index (Phi) is 8.64. The number of aromatic nitrogens is 4. The summed E-state index contributed by atoms with van der Waals surface area (Å²) in [5, 5.41) is 2.59. The van der Waals surface area contributed by atoms with E-state index in [-0.39, 0.29) is 23.7 Å². The van der Waals surface area contributed by atoms with Crippen LogP contribution in [0.15, 0.2) is 42.7 Å². The van der Waals surface area contributed by atoms with Crippen molar-refractivity contribution in [2.45, 2.75) is 77.5 Å². The molecule has 2 saturated heterocycles. The first-order valence-electron chi connectivity index (χ1n) is 13.7. The standard InChI is InChI=1S/C28H34N5O10P/c1-16(34)39-18-10-8-7-9-17(18)11-12-44(36,37)38-13-19-21-22(42-28(5,6)41-21)25(40-19)33-15-31-20-23(29-14-30-24(20)33)32-26(35)43-27(2,3)4/h7-12,14-15,19,21-22,25H,13H2,1-6H3,(H,36,37)(H,29,30,32,35)/b12-11+/t19-,21+,22?,25-/m1/s1. The van der Waals surface area contributed by atoms with Crippen LogP contribution in [0.5, 0.6) is 5.75 Å². The highest BCUT2D eigenvalue weighted by molar-refractivity contribution is 7.56. The van der Waals surface area contributed by atoms with Crippen LogP contribution in [0.25, 0.3) is 17.2 Å². The number of ether oxygens (including phenoxy) is 5. The number of nitrogens with zero attached hydrogens (tertiary/aromatic N) is 4. The molecule has 0 bridgehead atoms. The van der Waals surface area contributed by atoms with Crippen molar-refractivity contribution in [1.29, 1.82) is 0 Å². The van der Waals surface area contributed by atoms with Crippen molar-refractivity contribution in [3.8, 4) is 5.75 Å². The molecule has 15 nitrogen and oxygen atoms in total. The molecule has 0 spiro atoms. The molecule has 5 rings (SSSR count). The van der Waals surface area contributed by atoms with Gasteiger partial charge in [-0.1, -0.05) is 18.2 Å². The van der Waals surface area contributed by atoms with E-state index in [2.05, 4.69) is 20.3 Å². The minimum Gasteiger partial charge on any atom is -0.444 e. The summed E-state index contributed by atoms with van der Waals surface area (Å²) < 4.78 is 48.9. The average molecular weight is 632 g/mol. The predicted octanol–water partition coefficient (Wildman–Crippen LogP) is 4.39. The second-order valence-corrected chi connectivity index (χ2v) is 13.3. The van der Waals surface area contributed by atoms with Crippen LogP contribution in [0.3, 0.4) is 0 Å². The number of hydrogen-bond donors (Lipinski definition) is 2. The zero-order valence-corrected chi connectivity index (χ0v) is 25.9. The van der Waals surface area contributed by atoms with Crippen LogP contribution in [0.2, 0.25) is 0 Å². The van der Waals surface area contributed by atoms with Crippen molar-refractivity contribution in [1.82, 2.24) is 19.5 Å². The zero-order chi connectivity index (χ0) is 31.9. The largest absolute Gasteiger partial charge is 0.444 e. The summed E-state index contributed by atoms with van der Waals surface area (Å²) in [7, 11) is -4.28. The van der Waals surface area contributed by atoms with Gasteiger partial charge in [-0.2, -0.15) is 0 Å². The Morgan fingerprint density at radius 2 is 1.89 bits per heavy atom. The number of fused-ring (bicyclic) bond motifs is 2. The van der Waals surface area contributed by atoms with Gasteiger partial charge in [0.05, 0.1) is 12.9 Å². The monoisotopic (exact) mass is 631 g/mol. The number of hydrogen-bond acceptors (Lipinski definition) is 12. The number of esters is 1. The molecular weight excluding hydrogens is 597 g/mol. The molecule has 44 heavy (non-hydrogen) atoms. The maximum absolute atomic E-state index is 12.9. The second kappa shape index (κ2) is 12.0. The van der Waals surface area contributed by atoms with Crippen molar-refractivity contribution in [3.63, 3.8) is 0 Å². The Balaban J connectivity index is 1.33. The molecule has 2 fully saturated rings. The number of imidazole rings is 1. The molecular formula is C28H34N5O10P.